The standard InChI is InChI=1S/C19H25N3O5/c1-18(2,3)14(23)13(22-16(25)19(4,5)21-17(22)26)15(24)20-11-9-7-8-10-12(11)27-6/h7-10,13H,1-6H3,(H,20,24)(H,21,26). The van der Waals surface area contributed by atoms with Crippen molar-refractivity contribution in [1.29, 1.82) is 0 Å². The van der Waals surface area contributed by atoms with Crippen LogP contribution in [0.3, 0.4) is 0 Å². The fourth-order valence-electron chi connectivity index (χ4n) is 2.72. The van der Waals surface area contributed by atoms with Gasteiger partial charge in [-0.3, -0.25) is 14.4 Å². The molecule has 0 spiro atoms. The van der Waals surface area contributed by atoms with Crippen LogP contribution in [0.25, 0.3) is 0 Å². The van der Waals surface area contributed by atoms with Gasteiger partial charge >= 0.3 is 6.03 Å². The number of para-hydroxylation sites is 2. The van der Waals surface area contributed by atoms with Gasteiger partial charge in [-0.25, -0.2) is 9.69 Å². The number of methoxy groups -OCH3 is 1. The van der Waals surface area contributed by atoms with Crippen LogP contribution in [-0.2, 0) is 14.4 Å². The average Bonchev–Trinajstić information content (AvgIpc) is 2.76. The van der Waals surface area contributed by atoms with Crippen molar-refractivity contribution in [3.63, 3.8) is 0 Å². The van der Waals surface area contributed by atoms with Crippen molar-refractivity contribution >= 4 is 29.3 Å². The Bertz CT molecular complexity index is 795. The molecule has 1 fully saturated rings. The van der Waals surface area contributed by atoms with E-state index in [9.17, 15) is 19.2 Å². The van der Waals surface area contributed by atoms with E-state index >= 15 is 0 Å². The van der Waals surface area contributed by atoms with Gasteiger partial charge in [0.2, 0.25) is 0 Å². The third kappa shape index (κ3) is 3.94. The monoisotopic (exact) mass is 375 g/mol. The molecule has 27 heavy (non-hydrogen) atoms. The lowest BCUT2D eigenvalue weighted by Gasteiger charge is -2.29. The highest BCUT2D eigenvalue weighted by molar-refractivity contribution is 6.20. The first-order chi connectivity index (χ1) is 12.4. The molecule has 1 aromatic carbocycles. The number of urea groups is 1. The number of ether oxygens (including phenoxy) is 1. The first-order valence-electron chi connectivity index (χ1n) is 8.54. The first-order valence-corrected chi connectivity index (χ1v) is 8.54. The van der Waals surface area contributed by atoms with Crippen LogP contribution in [0.2, 0.25) is 0 Å². The van der Waals surface area contributed by atoms with Gasteiger partial charge < -0.3 is 15.4 Å². The van der Waals surface area contributed by atoms with E-state index in [4.69, 9.17) is 4.74 Å². The summed E-state index contributed by atoms with van der Waals surface area (Å²) in [4.78, 5) is 51.7. The van der Waals surface area contributed by atoms with E-state index in [-0.39, 0.29) is 0 Å². The number of carbonyl (C=O) groups excluding carboxylic acids is 4. The molecule has 0 aliphatic carbocycles. The zero-order valence-corrected chi connectivity index (χ0v) is 16.4. The molecular weight excluding hydrogens is 350 g/mol. The van der Waals surface area contributed by atoms with E-state index in [1.807, 2.05) is 0 Å². The molecule has 2 N–H and O–H groups in total. The average molecular weight is 375 g/mol. The zero-order valence-electron chi connectivity index (χ0n) is 16.4. The summed E-state index contributed by atoms with van der Waals surface area (Å²) < 4.78 is 5.20. The molecule has 4 amide bonds. The molecule has 0 aromatic heterocycles. The van der Waals surface area contributed by atoms with E-state index in [0.717, 1.165) is 0 Å². The van der Waals surface area contributed by atoms with Gasteiger partial charge in [0.15, 0.2) is 11.8 Å². The number of benzene rings is 1. The highest BCUT2D eigenvalue weighted by Gasteiger charge is 2.53. The SMILES string of the molecule is COc1ccccc1NC(=O)C(C(=O)C(C)(C)C)N1C(=O)NC(C)(C)C1=O. The summed E-state index contributed by atoms with van der Waals surface area (Å²) in [5, 5.41) is 5.10. The maximum absolute atomic E-state index is 13.0. The quantitative estimate of drug-likeness (QED) is 0.605. The van der Waals surface area contributed by atoms with Crippen LogP contribution >= 0.6 is 0 Å². The van der Waals surface area contributed by atoms with Crippen LogP contribution < -0.4 is 15.4 Å². The maximum Gasteiger partial charge on any atom is 0.326 e. The number of hydrogen-bond donors (Lipinski definition) is 2. The third-order valence-electron chi connectivity index (χ3n) is 4.25. The molecule has 146 valence electrons. The lowest BCUT2D eigenvalue weighted by atomic mass is 9.85. The van der Waals surface area contributed by atoms with Crippen LogP contribution in [-0.4, -0.2) is 47.2 Å². The van der Waals surface area contributed by atoms with Gasteiger partial charge in [0.1, 0.15) is 11.3 Å². The molecule has 1 heterocycles. The lowest BCUT2D eigenvalue weighted by Crippen LogP contribution is -2.55. The van der Waals surface area contributed by atoms with Gasteiger partial charge in [-0.2, -0.15) is 0 Å². The molecular formula is C19H25N3O5. The summed E-state index contributed by atoms with van der Waals surface area (Å²) in [5.74, 6) is -1.56. The van der Waals surface area contributed by atoms with Gasteiger partial charge in [0.25, 0.3) is 11.8 Å². The summed E-state index contributed by atoms with van der Waals surface area (Å²) in [6, 6.07) is 4.30. The Balaban J connectivity index is 2.45. The molecule has 8 nitrogen and oxygen atoms in total. The van der Waals surface area contributed by atoms with Crippen molar-refractivity contribution < 1.29 is 23.9 Å². The van der Waals surface area contributed by atoms with Crippen molar-refractivity contribution in [2.45, 2.75) is 46.2 Å². The molecule has 1 atom stereocenters. The van der Waals surface area contributed by atoms with Crippen molar-refractivity contribution in [3.05, 3.63) is 24.3 Å². The second-order valence-corrected chi connectivity index (χ2v) is 7.94. The fourth-order valence-corrected chi connectivity index (χ4v) is 2.72. The van der Waals surface area contributed by atoms with E-state index in [1.54, 1.807) is 45.0 Å². The van der Waals surface area contributed by atoms with Crippen LogP contribution in [0, 0.1) is 5.41 Å². The molecule has 1 aromatic rings. The molecule has 8 heteroatoms. The summed E-state index contributed by atoms with van der Waals surface area (Å²) in [6.07, 6.45) is 0. The molecule has 0 bridgehead atoms. The molecule has 1 aliphatic heterocycles. The number of nitrogens with one attached hydrogen (secondary N) is 2. The number of hydrogen-bond acceptors (Lipinski definition) is 5. The number of amides is 4. The normalized spacial score (nSPS) is 17.3. The Morgan fingerprint density at radius 2 is 1.78 bits per heavy atom. The highest BCUT2D eigenvalue weighted by atomic mass is 16.5. The number of rotatable bonds is 5. The van der Waals surface area contributed by atoms with Gasteiger partial charge in [0.05, 0.1) is 12.8 Å². The Morgan fingerprint density at radius 3 is 2.26 bits per heavy atom. The Labute approximate surface area is 158 Å². The number of anilines is 1. The van der Waals surface area contributed by atoms with Gasteiger partial charge in [-0.1, -0.05) is 32.9 Å². The number of nitrogens with zero attached hydrogens (tertiary/aromatic N) is 1. The minimum absolute atomic E-state index is 0.336. The highest BCUT2D eigenvalue weighted by Crippen LogP contribution is 2.28. The van der Waals surface area contributed by atoms with Crippen LogP contribution in [0.1, 0.15) is 34.6 Å². The molecule has 2 rings (SSSR count). The second kappa shape index (κ2) is 7.02. The van der Waals surface area contributed by atoms with Crippen LogP contribution in [0.5, 0.6) is 5.75 Å². The molecule has 0 radical (unpaired) electrons. The minimum Gasteiger partial charge on any atom is -0.495 e. The zero-order chi connectivity index (χ0) is 20.6. The summed E-state index contributed by atoms with van der Waals surface area (Å²) >= 11 is 0. The van der Waals surface area contributed by atoms with Crippen LogP contribution in [0.15, 0.2) is 24.3 Å². The Hall–Kier alpha value is -2.90. The predicted molar refractivity (Wildman–Crippen MR) is 99.3 cm³/mol. The lowest BCUT2D eigenvalue weighted by molar-refractivity contribution is -0.144. The maximum atomic E-state index is 13.0. The van der Waals surface area contributed by atoms with Crippen molar-refractivity contribution in [3.8, 4) is 5.75 Å². The van der Waals surface area contributed by atoms with E-state index in [0.29, 0.717) is 16.3 Å². The number of imide groups is 1. The predicted octanol–water partition coefficient (Wildman–Crippen LogP) is 1.95. The van der Waals surface area contributed by atoms with E-state index < -0.39 is 40.6 Å². The van der Waals surface area contributed by atoms with Crippen molar-refractivity contribution in [2.75, 3.05) is 12.4 Å². The van der Waals surface area contributed by atoms with Crippen LogP contribution in [0.4, 0.5) is 10.5 Å². The second-order valence-electron chi connectivity index (χ2n) is 7.94. The van der Waals surface area contributed by atoms with Gasteiger partial charge in [-0.05, 0) is 26.0 Å². The summed E-state index contributed by atoms with van der Waals surface area (Å²) in [6.45, 7) is 7.92. The molecule has 1 unspecified atom stereocenters. The summed E-state index contributed by atoms with van der Waals surface area (Å²) in [5.41, 5.74) is -1.81. The first kappa shape index (κ1) is 20.4. The van der Waals surface area contributed by atoms with E-state index in [2.05, 4.69) is 10.6 Å². The Kier molecular flexibility index (Phi) is 5.30. The fraction of sp³-hybridized carbons (Fsp3) is 0.474. The van der Waals surface area contributed by atoms with Crippen molar-refractivity contribution in [2.24, 2.45) is 5.41 Å². The summed E-state index contributed by atoms with van der Waals surface area (Å²) in [7, 11) is 1.45. The topological polar surface area (TPSA) is 105 Å². The number of ketones is 1. The van der Waals surface area contributed by atoms with Gasteiger partial charge in [0, 0.05) is 5.41 Å². The van der Waals surface area contributed by atoms with E-state index in [1.165, 1.54) is 21.0 Å². The third-order valence-corrected chi connectivity index (χ3v) is 4.25. The molecule has 1 aliphatic rings. The minimum atomic E-state index is -1.59. The number of Topliss-reactive ketones (excluding diaryl/α,β-unsaturated/α-hetero) is 1. The molecule has 1 saturated heterocycles. The Morgan fingerprint density at radius 1 is 1.19 bits per heavy atom. The van der Waals surface area contributed by atoms with Gasteiger partial charge in [-0.15, -0.1) is 0 Å². The smallest absolute Gasteiger partial charge is 0.326 e. The molecule has 0 saturated carbocycles. The largest absolute Gasteiger partial charge is 0.495 e. The van der Waals surface area contributed by atoms with Crippen molar-refractivity contribution in [1.82, 2.24) is 10.2 Å². The number of carbonyl (C=O) groups is 4.